The summed E-state index contributed by atoms with van der Waals surface area (Å²) in [4.78, 5) is 3.32. The van der Waals surface area contributed by atoms with Crippen LogP contribution in [0.5, 0.6) is 11.6 Å². The van der Waals surface area contributed by atoms with E-state index in [1.807, 2.05) is 0 Å². The number of hydrogen-bond donors (Lipinski definition) is 0. The highest BCUT2D eigenvalue weighted by Gasteiger charge is 2.33. The van der Waals surface area contributed by atoms with Gasteiger partial charge < -0.3 is 4.74 Å². The highest BCUT2D eigenvalue weighted by atomic mass is 35.5. The van der Waals surface area contributed by atoms with Crippen LogP contribution in [0.4, 0.5) is 13.2 Å². The number of aromatic nitrogens is 1. The molecule has 1 aromatic heterocycles. The molecule has 0 spiro atoms. The number of rotatable bonds is 2. The summed E-state index contributed by atoms with van der Waals surface area (Å²) in [5, 5.41) is 9.32. The molecule has 2 aromatic rings. The fourth-order valence-electron chi connectivity index (χ4n) is 1.41. The zero-order chi connectivity index (χ0) is 15.6. The van der Waals surface area contributed by atoms with E-state index in [2.05, 4.69) is 4.98 Å². The Balaban J connectivity index is 2.42. The van der Waals surface area contributed by atoms with Crippen molar-refractivity contribution in [3.63, 3.8) is 0 Å². The first-order valence-corrected chi connectivity index (χ1v) is 6.18. The minimum absolute atomic E-state index is 0.118. The predicted molar refractivity (Wildman–Crippen MR) is 70.5 cm³/mol. The lowest BCUT2D eigenvalue weighted by molar-refractivity contribution is -0.141. The summed E-state index contributed by atoms with van der Waals surface area (Å²) in [6.07, 6.45) is -4.64. The molecular weight excluding hydrogens is 328 g/mol. The van der Waals surface area contributed by atoms with Crippen LogP contribution in [0.15, 0.2) is 30.3 Å². The monoisotopic (exact) mass is 332 g/mol. The van der Waals surface area contributed by atoms with Crippen molar-refractivity contribution in [2.75, 3.05) is 0 Å². The van der Waals surface area contributed by atoms with E-state index in [9.17, 15) is 13.2 Å². The Hall–Kier alpha value is -1.97. The highest BCUT2D eigenvalue weighted by molar-refractivity contribution is 6.42. The van der Waals surface area contributed by atoms with Gasteiger partial charge in [0.1, 0.15) is 23.1 Å². The number of pyridine rings is 1. The van der Waals surface area contributed by atoms with Crippen LogP contribution >= 0.6 is 23.2 Å². The first-order valence-electron chi connectivity index (χ1n) is 5.42. The summed E-state index contributed by atoms with van der Waals surface area (Å²) in [6, 6.07) is 7.53. The number of halogens is 5. The minimum Gasteiger partial charge on any atom is -0.438 e. The van der Waals surface area contributed by atoms with Gasteiger partial charge in [-0.3, -0.25) is 0 Å². The summed E-state index contributed by atoms with van der Waals surface area (Å²) in [5.41, 5.74) is -1.29. The normalized spacial score (nSPS) is 11.0. The Kier molecular flexibility index (Phi) is 4.26. The van der Waals surface area contributed by atoms with Gasteiger partial charge in [-0.1, -0.05) is 23.2 Å². The molecule has 0 saturated carbocycles. The SMILES string of the molecule is N#Cc1ccc(C(F)(F)F)nc1Oc1ccc(Cl)c(Cl)c1. The molecule has 0 atom stereocenters. The van der Waals surface area contributed by atoms with Gasteiger partial charge in [0.2, 0.25) is 5.88 Å². The van der Waals surface area contributed by atoms with Crippen molar-refractivity contribution < 1.29 is 17.9 Å². The van der Waals surface area contributed by atoms with E-state index in [1.54, 1.807) is 6.07 Å². The third-order valence-electron chi connectivity index (χ3n) is 2.38. The van der Waals surface area contributed by atoms with Crippen molar-refractivity contribution in [1.82, 2.24) is 4.98 Å². The first-order chi connectivity index (χ1) is 9.81. The van der Waals surface area contributed by atoms with Crippen molar-refractivity contribution >= 4 is 23.2 Å². The van der Waals surface area contributed by atoms with Gasteiger partial charge in [-0.15, -0.1) is 0 Å². The molecule has 1 heterocycles. The summed E-state index contributed by atoms with van der Waals surface area (Å²) >= 11 is 11.5. The molecule has 0 bridgehead atoms. The van der Waals surface area contributed by atoms with Gasteiger partial charge in [0.05, 0.1) is 10.0 Å². The molecule has 108 valence electrons. The van der Waals surface area contributed by atoms with E-state index >= 15 is 0 Å². The molecule has 2 rings (SSSR count). The lowest BCUT2D eigenvalue weighted by Crippen LogP contribution is -2.09. The number of alkyl halides is 3. The molecule has 3 nitrogen and oxygen atoms in total. The maximum Gasteiger partial charge on any atom is 0.433 e. The second kappa shape index (κ2) is 5.80. The summed E-state index contributed by atoms with van der Waals surface area (Å²) < 4.78 is 43.1. The molecule has 0 saturated heterocycles. The predicted octanol–water partition coefficient (Wildman–Crippen LogP) is 5.07. The quantitative estimate of drug-likeness (QED) is 0.771. The summed E-state index contributed by atoms with van der Waals surface area (Å²) in [7, 11) is 0. The number of benzene rings is 1. The van der Waals surface area contributed by atoms with Crippen LogP contribution in [0.3, 0.4) is 0 Å². The average Bonchev–Trinajstić information content (AvgIpc) is 2.42. The van der Waals surface area contributed by atoms with Gasteiger partial charge in [0.15, 0.2) is 0 Å². The van der Waals surface area contributed by atoms with Crippen LogP contribution in [-0.4, -0.2) is 4.98 Å². The second-order valence-corrected chi connectivity index (χ2v) is 4.65. The molecule has 21 heavy (non-hydrogen) atoms. The highest BCUT2D eigenvalue weighted by Crippen LogP contribution is 2.33. The Morgan fingerprint density at radius 2 is 1.81 bits per heavy atom. The second-order valence-electron chi connectivity index (χ2n) is 3.84. The lowest BCUT2D eigenvalue weighted by Gasteiger charge is -2.10. The van der Waals surface area contributed by atoms with Crippen molar-refractivity contribution in [3.05, 3.63) is 51.6 Å². The van der Waals surface area contributed by atoms with Crippen molar-refractivity contribution in [2.45, 2.75) is 6.18 Å². The van der Waals surface area contributed by atoms with E-state index in [1.165, 1.54) is 18.2 Å². The molecule has 0 N–H and O–H groups in total. The van der Waals surface area contributed by atoms with E-state index in [0.29, 0.717) is 6.07 Å². The minimum atomic E-state index is -4.64. The lowest BCUT2D eigenvalue weighted by atomic mass is 10.2. The largest absolute Gasteiger partial charge is 0.438 e. The molecular formula is C13H5Cl2F3N2O. The van der Waals surface area contributed by atoms with E-state index in [-0.39, 0.29) is 21.4 Å². The van der Waals surface area contributed by atoms with Gasteiger partial charge in [0.25, 0.3) is 0 Å². The van der Waals surface area contributed by atoms with Crippen molar-refractivity contribution in [2.24, 2.45) is 0 Å². The zero-order valence-electron chi connectivity index (χ0n) is 10.1. The van der Waals surface area contributed by atoms with Crippen molar-refractivity contribution in [1.29, 1.82) is 5.26 Å². The third-order valence-corrected chi connectivity index (χ3v) is 3.12. The topological polar surface area (TPSA) is 45.9 Å². The average molecular weight is 333 g/mol. The Morgan fingerprint density at radius 3 is 2.38 bits per heavy atom. The first kappa shape index (κ1) is 15.4. The molecule has 1 aromatic carbocycles. The van der Waals surface area contributed by atoms with Gasteiger partial charge in [-0.05, 0) is 24.3 Å². The van der Waals surface area contributed by atoms with Crippen LogP contribution < -0.4 is 4.74 Å². The van der Waals surface area contributed by atoms with Gasteiger partial charge >= 0.3 is 6.18 Å². The van der Waals surface area contributed by atoms with Crippen LogP contribution in [0.2, 0.25) is 10.0 Å². The van der Waals surface area contributed by atoms with E-state index < -0.39 is 17.8 Å². The van der Waals surface area contributed by atoms with Gasteiger partial charge in [-0.25, -0.2) is 4.98 Å². The van der Waals surface area contributed by atoms with Crippen LogP contribution in [0.25, 0.3) is 0 Å². The molecule has 0 aliphatic heterocycles. The number of ether oxygens (including phenoxy) is 1. The number of hydrogen-bond acceptors (Lipinski definition) is 3. The fourth-order valence-corrected chi connectivity index (χ4v) is 1.70. The Labute approximate surface area is 127 Å². The summed E-state index contributed by atoms with van der Waals surface area (Å²) in [5.74, 6) is -0.335. The summed E-state index contributed by atoms with van der Waals surface area (Å²) in [6.45, 7) is 0. The Bertz CT molecular complexity index is 726. The smallest absolute Gasteiger partial charge is 0.433 e. The van der Waals surface area contributed by atoms with Gasteiger partial charge in [-0.2, -0.15) is 18.4 Å². The fraction of sp³-hybridized carbons (Fsp3) is 0.0769. The number of nitriles is 1. The molecule has 0 aliphatic carbocycles. The molecule has 0 aliphatic rings. The van der Waals surface area contributed by atoms with E-state index in [0.717, 1.165) is 6.07 Å². The van der Waals surface area contributed by atoms with Gasteiger partial charge in [0, 0.05) is 6.07 Å². The third kappa shape index (κ3) is 3.57. The van der Waals surface area contributed by atoms with Crippen LogP contribution in [0, 0.1) is 11.3 Å². The zero-order valence-corrected chi connectivity index (χ0v) is 11.6. The Morgan fingerprint density at radius 1 is 1.10 bits per heavy atom. The molecule has 0 amide bonds. The van der Waals surface area contributed by atoms with Crippen molar-refractivity contribution in [3.8, 4) is 17.7 Å². The standard InChI is InChI=1S/C13H5Cl2F3N2O/c14-9-3-2-8(5-10(9)15)21-12-7(6-19)1-4-11(20-12)13(16,17)18/h1-5H. The maximum atomic E-state index is 12.6. The van der Waals surface area contributed by atoms with Crippen LogP contribution in [-0.2, 0) is 6.18 Å². The molecule has 0 radical (unpaired) electrons. The molecule has 0 fully saturated rings. The van der Waals surface area contributed by atoms with Crippen LogP contribution in [0.1, 0.15) is 11.3 Å². The molecule has 0 unspecified atom stereocenters. The maximum absolute atomic E-state index is 12.6. The molecule has 8 heteroatoms. The number of nitrogens with zero attached hydrogens (tertiary/aromatic N) is 2. The van der Waals surface area contributed by atoms with E-state index in [4.69, 9.17) is 33.2 Å².